The Morgan fingerprint density at radius 3 is 2.88 bits per heavy atom. The Bertz CT molecular complexity index is 941. The Kier molecular flexibility index (Phi) is 4.50. The van der Waals surface area contributed by atoms with Crippen molar-refractivity contribution in [2.45, 2.75) is 25.8 Å². The molecule has 1 N–H and O–H groups in total. The second-order valence-corrected chi connectivity index (χ2v) is 7.84. The molecule has 0 aliphatic carbocycles. The third-order valence-electron chi connectivity index (χ3n) is 4.11. The Morgan fingerprint density at radius 2 is 2.12 bits per heavy atom. The normalized spacial score (nSPS) is 14.8. The molecule has 0 spiro atoms. The van der Waals surface area contributed by atoms with Gasteiger partial charge in [0, 0.05) is 24.0 Å². The average molecular weight is 375 g/mol. The molecule has 1 aliphatic rings. The fraction of sp³-hybridized carbons (Fsp3) is 0.375. The molecule has 7 nitrogen and oxygen atoms in total. The highest BCUT2D eigenvalue weighted by Gasteiger charge is 2.19. The molecule has 0 bridgehead atoms. The van der Waals surface area contributed by atoms with Gasteiger partial charge in [-0.15, -0.1) is 16.4 Å². The number of nitrogens with one attached hydrogen (secondary N) is 1. The van der Waals surface area contributed by atoms with E-state index in [-0.39, 0.29) is 11.6 Å². The molecule has 3 aromatic heterocycles. The van der Waals surface area contributed by atoms with Gasteiger partial charge in [-0.2, -0.15) is 9.50 Å². The average Bonchev–Trinajstić information content (AvgIpc) is 3.29. The largest absolute Gasteiger partial charge is 0.347 e. The van der Waals surface area contributed by atoms with Crippen molar-refractivity contribution in [1.82, 2.24) is 19.9 Å². The number of nitrogens with zero attached hydrogens (tertiary/aromatic N) is 4. The number of thiophene rings is 1. The van der Waals surface area contributed by atoms with Crippen molar-refractivity contribution in [2.24, 2.45) is 0 Å². The summed E-state index contributed by atoms with van der Waals surface area (Å²) >= 11 is 2.93. The Morgan fingerprint density at radius 1 is 1.28 bits per heavy atom. The maximum absolute atomic E-state index is 12.5. The van der Waals surface area contributed by atoms with Crippen LogP contribution in [0.2, 0.25) is 0 Å². The van der Waals surface area contributed by atoms with Crippen LogP contribution in [0.15, 0.2) is 28.4 Å². The Hall–Kier alpha value is -2.26. The minimum atomic E-state index is -0.421. The Labute approximate surface area is 151 Å². The smallest absolute Gasteiger partial charge is 0.274 e. The van der Waals surface area contributed by atoms with Crippen molar-refractivity contribution in [3.8, 4) is 0 Å². The van der Waals surface area contributed by atoms with E-state index in [2.05, 4.69) is 20.3 Å². The van der Waals surface area contributed by atoms with Crippen LogP contribution in [0.1, 0.15) is 34.6 Å². The van der Waals surface area contributed by atoms with Crippen molar-refractivity contribution < 1.29 is 4.79 Å². The number of hydrogen-bond donors (Lipinski definition) is 1. The van der Waals surface area contributed by atoms with Crippen LogP contribution in [0.5, 0.6) is 0 Å². The molecule has 4 heterocycles. The molecule has 130 valence electrons. The summed E-state index contributed by atoms with van der Waals surface area (Å²) in [6.45, 7) is 2.33. The maximum atomic E-state index is 12.5. The Balaban J connectivity index is 1.64. The van der Waals surface area contributed by atoms with Crippen LogP contribution in [0.3, 0.4) is 0 Å². The number of rotatable bonds is 4. The van der Waals surface area contributed by atoms with E-state index in [0.717, 1.165) is 35.9 Å². The minimum Gasteiger partial charge on any atom is -0.347 e. The van der Waals surface area contributed by atoms with Gasteiger partial charge in [-0.05, 0) is 30.7 Å². The van der Waals surface area contributed by atoms with Gasteiger partial charge in [0.1, 0.15) is 5.69 Å². The molecular formula is C16H17N5O2S2. The van der Waals surface area contributed by atoms with Gasteiger partial charge in [0.2, 0.25) is 10.1 Å². The molecular weight excluding hydrogens is 358 g/mol. The molecule has 1 fully saturated rings. The minimum absolute atomic E-state index is 0.228. The lowest BCUT2D eigenvalue weighted by atomic mass is 10.1. The summed E-state index contributed by atoms with van der Waals surface area (Å²) in [7, 11) is 0. The fourth-order valence-corrected chi connectivity index (χ4v) is 4.45. The van der Waals surface area contributed by atoms with Crippen LogP contribution in [0.25, 0.3) is 4.96 Å². The highest BCUT2D eigenvalue weighted by molar-refractivity contribution is 7.20. The number of anilines is 1. The number of amides is 1. The van der Waals surface area contributed by atoms with Crippen molar-refractivity contribution >= 4 is 38.7 Å². The third kappa shape index (κ3) is 3.42. The zero-order valence-electron chi connectivity index (χ0n) is 13.5. The maximum Gasteiger partial charge on any atom is 0.274 e. The van der Waals surface area contributed by atoms with Crippen LogP contribution in [-0.4, -0.2) is 33.6 Å². The van der Waals surface area contributed by atoms with Gasteiger partial charge in [0.15, 0.2) is 0 Å². The highest BCUT2D eigenvalue weighted by Crippen LogP contribution is 2.25. The van der Waals surface area contributed by atoms with E-state index < -0.39 is 5.56 Å². The van der Waals surface area contributed by atoms with Crippen LogP contribution in [0.4, 0.5) is 5.13 Å². The van der Waals surface area contributed by atoms with E-state index in [1.807, 2.05) is 17.5 Å². The molecule has 0 unspecified atom stereocenters. The summed E-state index contributed by atoms with van der Waals surface area (Å²) in [5, 5.41) is 10.2. The first-order chi connectivity index (χ1) is 12.2. The highest BCUT2D eigenvalue weighted by atomic mass is 32.1. The molecule has 1 saturated heterocycles. The number of piperidine rings is 1. The summed E-state index contributed by atoms with van der Waals surface area (Å²) in [6.07, 6.45) is 3.50. The lowest BCUT2D eigenvalue weighted by Gasteiger charge is -2.25. The van der Waals surface area contributed by atoms with Crippen molar-refractivity contribution in [2.75, 3.05) is 18.0 Å². The predicted molar refractivity (Wildman–Crippen MR) is 98.7 cm³/mol. The van der Waals surface area contributed by atoms with Crippen LogP contribution < -0.4 is 15.8 Å². The summed E-state index contributed by atoms with van der Waals surface area (Å²) in [4.78, 5) is 32.1. The van der Waals surface area contributed by atoms with Gasteiger partial charge in [-0.25, -0.2) is 0 Å². The molecule has 4 rings (SSSR count). The van der Waals surface area contributed by atoms with Crippen molar-refractivity contribution in [3.63, 3.8) is 0 Å². The second kappa shape index (κ2) is 6.93. The standard InChI is InChI=1S/C16H17N5O2S2/c22-13-9-12(14(23)17-10-11-5-4-8-24-11)21-15(18-13)25-16(19-21)20-6-2-1-3-7-20/h4-5,8-9H,1-3,6-7,10H2,(H,17,23). The topological polar surface area (TPSA) is 79.6 Å². The molecule has 0 aromatic carbocycles. The van der Waals surface area contributed by atoms with E-state index in [9.17, 15) is 9.59 Å². The molecule has 1 amide bonds. The van der Waals surface area contributed by atoms with E-state index >= 15 is 0 Å². The van der Waals surface area contributed by atoms with Crippen LogP contribution in [0, 0.1) is 0 Å². The molecule has 25 heavy (non-hydrogen) atoms. The SMILES string of the molecule is O=C(NCc1cccs1)c1cc(=O)nc2sc(N3CCCCC3)nn12. The second-order valence-electron chi connectivity index (χ2n) is 5.87. The predicted octanol–water partition coefficient (Wildman–Crippen LogP) is 2.13. The zero-order valence-corrected chi connectivity index (χ0v) is 15.1. The van der Waals surface area contributed by atoms with Gasteiger partial charge in [-0.1, -0.05) is 17.4 Å². The number of carbonyl (C=O) groups is 1. The first kappa shape index (κ1) is 16.2. The molecule has 3 aromatic rings. The lowest BCUT2D eigenvalue weighted by Crippen LogP contribution is -2.30. The molecule has 1 aliphatic heterocycles. The van der Waals surface area contributed by atoms with Gasteiger partial charge in [0.05, 0.1) is 6.54 Å². The monoisotopic (exact) mass is 375 g/mol. The van der Waals surface area contributed by atoms with E-state index in [1.54, 1.807) is 11.3 Å². The summed E-state index contributed by atoms with van der Waals surface area (Å²) in [5.41, 5.74) is -0.193. The van der Waals surface area contributed by atoms with Crippen LogP contribution in [-0.2, 0) is 6.54 Å². The molecule has 0 saturated carbocycles. The van der Waals surface area contributed by atoms with E-state index in [4.69, 9.17) is 0 Å². The first-order valence-corrected chi connectivity index (χ1v) is 9.87. The van der Waals surface area contributed by atoms with Gasteiger partial charge < -0.3 is 10.2 Å². The van der Waals surface area contributed by atoms with Gasteiger partial charge in [0.25, 0.3) is 11.5 Å². The summed E-state index contributed by atoms with van der Waals surface area (Å²) in [6, 6.07) is 5.14. The fourth-order valence-electron chi connectivity index (χ4n) is 2.85. The van der Waals surface area contributed by atoms with Crippen molar-refractivity contribution in [1.29, 1.82) is 0 Å². The quantitative estimate of drug-likeness (QED) is 0.756. The number of carbonyl (C=O) groups excluding carboxylic acids is 1. The number of hydrogen-bond acceptors (Lipinski definition) is 7. The van der Waals surface area contributed by atoms with Crippen molar-refractivity contribution in [3.05, 3.63) is 44.5 Å². The lowest BCUT2D eigenvalue weighted by molar-refractivity contribution is 0.0943. The number of aromatic nitrogens is 3. The van der Waals surface area contributed by atoms with Gasteiger partial charge in [-0.3, -0.25) is 9.59 Å². The summed E-state index contributed by atoms with van der Waals surface area (Å²) in [5.74, 6) is -0.321. The van der Waals surface area contributed by atoms with Crippen LogP contribution >= 0.6 is 22.7 Å². The molecule has 9 heteroatoms. The zero-order chi connectivity index (χ0) is 17.2. The first-order valence-electron chi connectivity index (χ1n) is 8.17. The third-order valence-corrected chi connectivity index (χ3v) is 5.95. The molecule has 0 atom stereocenters. The van der Waals surface area contributed by atoms with Gasteiger partial charge >= 0.3 is 0 Å². The number of fused-ring (bicyclic) bond motifs is 1. The summed E-state index contributed by atoms with van der Waals surface area (Å²) < 4.78 is 1.49. The van der Waals surface area contributed by atoms with E-state index in [1.165, 1.54) is 28.3 Å². The molecule has 0 radical (unpaired) electrons. The van der Waals surface area contributed by atoms with E-state index in [0.29, 0.717) is 11.5 Å².